The van der Waals surface area contributed by atoms with E-state index in [4.69, 9.17) is 5.11 Å². The quantitative estimate of drug-likeness (QED) is 0.586. The Bertz CT molecular complexity index is 454. The first-order valence-corrected chi connectivity index (χ1v) is 5.26. The molecule has 0 aliphatic carbocycles. The zero-order chi connectivity index (χ0) is 9.97. The molecule has 0 aromatic heterocycles. The van der Waals surface area contributed by atoms with Crippen LogP contribution in [0.25, 0.3) is 10.8 Å². The molecule has 2 N–H and O–H groups in total. The molecule has 0 fully saturated rings. The molecule has 0 amide bonds. The van der Waals surface area contributed by atoms with Gasteiger partial charge in [0.05, 0.1) is 10.8 Å². The summed E-state index contributed by atoms with van der Waals surface area (Å²) in [6.45, 7) is 0. The van der Waals surface area contributed by atoms with Gasteiger partial charge in [0.1, 0.15) is 5.75 Å². The maximum absolute atomic E-state index is 9.85. The smallest absolute Gasteiger partial charge is 0.137 e. The Morgan fingerprint density at radius 2 is 1.86 bits per heavy atom. The largest absolute Gasteiger partial charge is 0.506 e. The van der Waals surface area contributed by atoms with Gasteiger partial charge in [0, 0.05) is 5.39 Å². The Hall–Kier alpha value is -1.19. The van der Waals surface area contributed by atoms with E-state index in [1.165, 1.54) is 11.8 Å². The van der Waals surface area contributed by atoms with E-state index in [1.807, 2.05) is 36.4 Å². The van der Waals surface area contributed by atoms with Crippen LogP contribution in [0.1, 0.15) is 0 Å². The van der Waals surface area contributed by atoms with Gasteiger partial charge in [-0.1, -0.05) is 42.1 Å². The van der Waals surface area contributed by atoms with Gasteiger partial charge in [0.15, 0.2) is 0 Å². The fraction of sp³-hybridized carbons (Fsp3) is 0.0909. The van der Waals surface area contributed by atoms with E-state index >= 15 is 0 Å². The van der Waals surface area contributed by atoms with E-state index in [0.717, 1.165) is 10.8 Å². The number of aliphatic hydroxyl groups excluding tert-OH is 1. The van der Waals surface area contributed by atoms with Gasteiger partial charge in [-0.25, -0.2) is 0 Å². The van der Waals surface area contributed by atoms with Crippen molar-refractivity contribution in [3.8, 4) is 5.75 Å². The predicted molar refractivity (Wildman–Crippen MR) is 58.6 cm³/mol. The molecule has 0 spiro atoms. The SMILES string of the molecule is OCSc1ccc2ccccc2c1O. The zero-order valence-electron chi connectivity index (χ0n) is 7.47. The Kier molecular flexibility index (Phi) is 2.61. The summed E-state index contributed by atoms with van der Waals surface area (Å²) in [5, 5.41) is 20.4. The number of hydrogen-bond acceptors (Lipinski definition) is 3. The minimum absolute atomic E-state index is 0.0219. The van der Waals surface area contributed by atoms with Crippen molar-refractivity contribution in [3.05, 3.63) is 36.4 Å². The third kappa shape index (κ3) is 1.56. The maximum Gasteiger partial charge on any atom is 0.137 e. The average Bonchev–Trinajstić information content (AvgIpc) is 2.23. The Morgan fingerprint density at radius 1 is 1.07 bits per heavy atom. The highest BCUT2D eigenvalue weighted by Crippen LogP contribution is 2.34. The first-order chi connectivity index (χ1) is 6.83. The van der Waals surface area contributed by atoms with Gasteiger partial charge in [0.25, 0.3) is 0 Å². The van der Waals surface area contributed by atoms with Crippen molar-refractivity contribution < 1.29 is 10.2 Å². The first kappa shape index (κ1) is 9.37. The number of aliphatic hydroxyl groups is 1. The van der Waals surface area contributed by atoms with Crippen molar-refractivity contribution in [3.63, 3.8) is 0 Å². The highest BCUT2D eigenvalue weighted by atomic mass is 32.2. The molecule has 0 unspecified atom stereocenters. The minimum Gasteiger partial charge on any atom is -0.506 e. The molecule has 2 aromatic rings. The van der Waals surface area contributed by atoms with E-state index in [-0.39, 0.29) is 11.7 Å². The summed E-state index contributed by atoms with van der Waals surface area (Å²) in [5.74, 6) is 0.230. The van der Waals surface area contributed by atoms with E-state index in [1.54, 1.807) is 0 Å². The molecule has 0 saturated heterocycles. The highest BCUT2D eigenvalue weighted by molar-refractivity contribution is 7.99. The summed E-state index contributed by atoms with van der Waals surface area (Å²) in [6, 6.07) is 11.4. The standard InChI is InChI=1S/C11H10O2S/c12-7-14-10-6-5-8-3-1-2-4-9(8)11(10)13/h1-6,12-13H,7H2. The van der Waals surface area contributed by atoms with Crippen LogP contribution in [0.2, 0.25) is 0 Å². The molecular formula is C11H10O2S. The summed E-state index contributed by atoms with van der Waals surface area (Å²) < 4.78 is 0. The van der Waals surface area contributed by atoms with Gasteiger partial charge >= 0.3 is 0 Å². The number of aromatic hydroxyl groups is 1. The average molecular weight is 206 g/mol. The Morgan fingerprint density at radius 3 is 2.64 bits per heavy atom. The lowest BCUT2D eigenvalue weighted by Crippen LogP contribution is -1.79. The number of hydrogen-bond donors (Lipinski definition) is 2. The molecule has 2 nitrogen and oxygen atoms in total. The molecule has 14 heavy (non-hydrogen) atoms. The van der Waals surface area contributed by atoms with Crippen LogP contribution >= 0.6 is 11.8 Å². The molecule has 2 rings (SSSR count). The topological polar surface area (TPSA) is 40.5 Å². The molecule has 0 aliphatic heterocycles. The molecule has 0 atom stereocenters. The van der Waals surface area contributed by atoms with Crippen LogP contribution in [-0.4, -0.2) is 16.2 Å². The van der Waals surface area contributed by atoms with Crippen molar-refractivity contribution in [2.75, 3.05) is 5.94 Å². The molecule has 0 heterocycles. The normalized spacial score (nSPS) is 10.6. The summed E-state index contributed by atoms with van der Waals surface area (Å²) in [4.78, 5) is 0.714. The molecular weight excluding hydrogens is 196 g/mol. The third-order valence-corrected chi connectivity index (χ3v) is 2.85. The molecule has 0 aliphatic rings. The van der Waals surface area contributed by atoms with Gasteiger partial charge in [-0.3, -0.25) is 0 Å². The van der Waals surface area contributed by atoms with Gasteiger partial charge in [0.2, 0.25) is 0 Å². The number of fused-ring (bicyclic) bond motifs is 1. The number of thioether (sulfide) groups is 1. The summed E-state index contributed by atoms with van der Waals surface area (Å²) in [6.07, 6.45) is 0. The predicted octanol–water partition coefficient (Wildman–Crippen LogP) is 2.59. The lowest BCUT2D eigenvalue weighted by atomic mass is 10.1. The van der Waals surface area contributed by atoms with Gasteiger partial charge < -0.3 is 10.2 Å². The molecule has 72 valence electrons. The van der Waals surface area contributed by atoms with Crippen LogP contribution in [0, 0.1) is 0 Å². The minimum atomic E-state index is -0.0219. The van der Waals surface area contributed by atoms with Crippen molar-refractivity contribution in [2.24, 2.45) is 0 Å². The zero-order valence-corrected chi connectivity index (χ0v) is 8.29. The van der Waals surface area contributed by atoms with Crippen molar-refractivity contribution >= 4 is 22.5 Å². The lowest BCUT2D eigenvalue weighted by Gasteiger charge is -2.05. The number of rotatable bonds is 2. The second kappa shape index (κ2) is 3.90. The molecule has 0 bridgehead atoms. The lowest BCUT2D eigenvalue weighted by molar-refractivity contribution is 0.374. The van der Waals surface area contributed by atoms with Crippen LogP contribution in [0.15, 0.2) is 41.3 Å². The second-order valence-electron chi connectivity index (χ2n) is 2.91. The summed E-state index contributed by atoms with van der Waals surface area (Å²) in [7, 11) is 0. The maximum atomic E-state index is 9.85. The number of phenolic OH excluding ortho intramolecular Hbond substituents is 1. The highest BCUT2D eigenvalue weighted by Gasteiger charge is 2.05. The molecule has 3 heteroatoms. The van der Waals surface area contributed by atoms with Crippen LogP contribution in [0.5, 0.6) is 5.75 Å². The first-order valence-electron chi connectivity index (χ1n) is 4.27. The van der Waals surface area contributed by atoms with Gasteiger partial charge in [-0.2, -0.15) is 0 Å². The van der Waals surface area contributed by atoms with Gasteiger partial charge in [-0.05, 0) is 11.5 Å². The fourth-order valence-electron chi connectivity index (χ4n) is 1.42. The van der Waals surface area contributed by atoms with Gasteiger partial charge in [-0.15, -0.1) is 0 Å². The van der Waals surface area contributed by atoms with E-state index < -0.39 is 0 Å². The van der Waals surface area contributed by atoms with E-state index in [9.17, 15) is 5.11 Å². The van der Waals surface area contributed by atoms with Crippen LogP contribution in [0.4, 0.5) is 0 Å². The second-order valence-corrected chi connectivity index (χ2v) is 3.89. The fourth-order valence-corrected chi connectivity index (χ4v) is 1.97. The van der Waals surface area contributed by atoms with Crippen LogP contribution in [-0.2, 0) is 0 Å². The third-order valence-electron chi connectivity index (χ3n) is 2.08. The summed E-state index contributed by atoms with van der Waals surface area (Å²) in [5.41, 5.74) is 0. The monoisotopic (exact) mass is 206 g/mol. The van der Waals surface area contributed by atoms with E-state index in [2.05, 4.69) is 0 Å². The van der Waals surface area contributed by atoms with Crippen molar-refractivity contribution in [1.29, 1.82) is 0 Å². The van der Waals surface area contributed by atoms with E-state index in [0.29, 0.717) is 4.90 Å². The van der Waals surface area contributed by atoms with Crippen LogP contribution < -0.4 is 0 Å². The van der Waals surface area contributed by atoms with Crippen molar-refractivity contribution in [1.82, 2.24) is 0 Å². The van der Waals surface area contributed by atoms with Crippen LogP contribution in [0.3, 0.4) is 0 Å². The Balaban J connectivity index is 2.63. The molecule has 2 aromatic carbocycles. The summed E-state index contributed by atoms with van der Waals surface area (Å²) >= 11 is 1.22. The van der Waals surface area contributed by atoms with Crippen molar-refractivity contribution in [2.45, 2.75) is 4.90 Å². The molecule has 0 saturated carbocycles. The number of phenols is 1. The molecule has 0 radical (unpaired) electrons. The Labute approximate surface area is 86.2 Å². The number of benzene rings is 2.